The van der Waals surface area contributed by atoms with Gasteiger partial charge < -0.3 is 15.3 Å². The van der Waals surface area contributed by atoms with Crippen molar-refractivity contribution < 1.29 is 14.7 Å². The number of likely N-dealkylation sites (N-methyl/N-ethyl adjacent to an activating group) is 1. The third-order valence-electron chi connectivity index (χ3n) is 2.12. The zero-order valence-corrected chi connectivity index (χ0v) is 10.5. The van der Waals surface area contributed by atoms with Gasteiger partial charge >= 0.3 is 0 Å². The summed E-state index contributed by atoms with van der Waals surface area (Å²) < 4.78 is 0. The second-order valence-electron chi connectivity index (χ2n) is 3.57. The number of nitrogens with zero attached hydrogens (tertiary/aromatic N) is 1. The molecule has 0 atom stereocenters. The Balaban J connectivity index is 2.36. The molecule has 5 nitrogen and oxygen atoms in total. The lowest BCUT2D eigenvalue weighted by Gasteiger charge is -2.15. The summed E-state index contributed by atoms with van der Waals surface area (Å²) >= 11 is 1.35. The lowest BCUT2D eigenvalue weighted by molar-refractivity contribution is -0.121. The van der Waals surface area contributed by atoms with E-state index in [-0.39, 0.29) is 25.0 Å². The van der Waals surface area contributed by atoms with Crippen molar-refractivity contribution in [2.24, 2.45) is 0 Å². The van der Waals surface area contributed by atoms with E-state index in [2.05, 4.69) is 5.32 Å². The van der Waals surface area contributed by atoms with Crippen LogP contribution < -0.4 is 5.32 Å². The number of aliphatic hydroxyl groups is 1. The molecule has 0 saturated carbocycles. The van der Waals surface area contributed by atoms with Gasteiger partial charge in [-0.3, -0.25) is 9.59 Å². The van der Waals surface area contributed by atoms with Crippen molar-refractivity contribution in [2.75, 3.05) is 26.7 Å². The second kappa shape index (κ2) is 7.03. The van der Waals surface area contributed by atoms with Gasteiger partial charge in [0.15, 0.2) is 0 Å². The van der Waals surface area contributed by atoms with E-state index in [0.717, 1.165) is 0 Å². The van der Waals surface area contributed by atoms with Gasteiger partial charge in [0.25, 0.3) is 5.91 Å². The summed E-state index contributed by atoms with van der Waals surface area (Å²) in [7, 11) is 1.59. The molecule has 2 amide bonds. The van der Waals surface area contributed by atoms with Crippen LogP contribution in [-0.4, -0.2) is 48.6 Å². The Hall–Kier alpha value is -1.40. The Morgan fingerprint density at radius 3 is 2.88 bits per heavy atom. The van der Waals surface area contributed by atoms with Crippen LogP contribution in [0, 0.1) is 0 Å². The zero-order chi connectivity index (χ0) is 12.7. The number of hydrogen-bond acceptors (Lipinski definition) is 4. The molecule has 94 valence electrons. The van der Waals surface area contributed by atoms with Crippen LogP contribution in [0.4, 0.5) is 0 Å². The fraction of sp³-hybridized carbons (Fsp3) is 0.455. The second-order valence-corrected chi connectivity index (χ2v) is 4.51. The van der Waals surface area contributed by atoms with Crippen LogP contribution in [0.15, 0.2) is 17.5 Å². The highest BCUT2D eigenvalue weighted by Gasteiger charge is 2.15. The Morgan fingerprint density at radius 1 is 1.53 bits per heavy atom. The van der Waals surface area contributed by atoms with Crippen LogP contribution in [0.1, 0.15) is 16.1 Å². The molecule has 0 aliphatic rings. The molecule has 0 aliphatic carbocycles. The van der Waals surface area contributed by atoms with E-state index in [0.29, 0.717) is 17.8 Å². The van der Waals surface area contributed by atoms with Crippen molar-refractivity contribution in [3.05, 3.63) is 22.4 Å². The highest BCUT2D eigenvalue weighted by atomic mass is 32.1. The molecule has 6 heteroatoms. The predicted molar refractivity (Wildman–Crippen MR) is 66.0 cm³/mol. The van der Waals surface area contributed by atoms with Gasteiger partial charge in [0.05, 0.1) is 11.4 Å². The summed E-state index contributed by atoms with van der Waals surface area (Å²) in [6.07, 6.45) is 0.522. The Labute approximate surface area is 104 Å². The average molecular weight is 256 g/mol. The molecule has 0 saturated heterocycles. The van der Waals surface area contributed by atoms with Gasteiger partial charge in [-0.2, -0.15) is 0 Å². The van der Waals surface area contributed by atoms with Crippen molar-refractivity contribution in [2.45, 2.75) is 6.42 Å². The molecule has 0 aliphatic heterocycles. The van der Waals surface area contributed by atoms with E-state index >= 15 is 0 Å². The molecule has 17 heavy (non-hydrogen) atoms. The lowest BCUT2D eigenvalue weighted by atomic mass is 10.4. The zero-order valence-electron chi connectivity index (χ0n) is 9.68. The van der Waals surface area contributed by atoms with Gasteiger partial charge in [-0.25, -0.2) is 0 Å². The number of hydrogen-bond donors (Lipinski definition) is 2. The van der Waals surface area contributed by atoms with Crippen molar-refractivity contribution in [3.8, 4) is 0 Å². The number of nitrogens with one attached hydrogen (secondary N) is 1. The Kier molecular flexibility index (Phi) is 5.65. The van der Waals surface area contributed by atoms with Gasteiger partial charge in [-0.05, 0) is 17.9 Å². The Morgan fingerprint density at radius 2 is 2.29 bits per heavy atom. The van der Waals surface area contributed by atoms with Crippen LogP contribution in [0.25, 0.3) is 0 Å². The molecule has 1 heterocycles. The first-order valence-electron chi connectivity index (χ1n) is 5.31. The van der Waals surface area contributed by atoms with Crippen LogP contribution in [0.5, 0.6) is 0 Å². The van der Waals surface area contributed by atoms with Crippen LogP contribution >= 0.6 is 11.3 Å². The fourth-order valence-electron chi connectivity index (χ4n) is 1.24. The molecule has 0 radical (unpaired) electrons. The Bertz CT molecular complexity index is 365. The van der Waals surface area contributed by atoms with Gasteiger partial charge in [0, 0.05) is 20.2 Å². The monoisotopic (exact) mass is 256 g/mol. The first-order chi connectivity index (χ1) is 8.15. The van der Waals surface area contributed by atoms with Gasteiger partial charge in [-0.15, -0.1) is 11.3 Å². The summed E-state index contributed by atoms with van der Waals surface area (Å²) in [5, 5.41) is 13.0. The molecule has 0 fully saturated rings. The normalized spacial score (nSPS) is 10.0. The number of amides is 2. The highest BCUT2D eigenvalue weighted by molar-refractivity contribution is 7.12. The van der Waals surface area contributed by atoms with Gasteiger partial charge in [0.1, 0.15) is 0 Å². The van der Waals surface area contributed by atoms with Crippen molar-refractivity contribution >= 4 is 23.2 Å². The molecular formula is C11H16N2O3S. The molecule has 1 aromatic rings. The third-order valence-corrected chi connectivity index (χ3v) is 2.97. The number of carbonyl (C=O) groups is 2. The quantitative estimate of drug-likeness (QED) is 0.720. The minimum atomic E-state index is -0.217. The maximum absolute atomic E-state index is 11.8. The lowest BCUT2D eigenvalue weighted by Crippen LogP contribution is -2.38. The average Bonchev–Trinajstić information content (AvgIpc) is 2.81. The molecule has 0 spiro atoms. The summed E-state index contributed by atoms with van der Waals surface area (Å²) in [6, 6.07) is 3.53. The fourth-order valence-corrected chi connectivity index (χ4v) is 1.96. The molecule has 2 N–H and O–H groups in total. The van der Waals surface area contributed by atoms with E-state index < -0.39 is 0 Å². The van der Waals surface area contributed by atoms with Crippen molar-refractivity contribution in [3.63, 3.8) is 0 Å². The van der Waals surface area contributed by atoms with Crippen molar-refractivity contribution in [1.82, 2.24) is 10.2 Å². The molecule has 0 aromatic carbocycles. The topological polar surface area (TPSA) is 69.6 Å². The van der Waals surface area contributed by atoms with E-state index in [4.69, 9.17) is 5.11 Å². The number of aliphatic hydroxyl groups excluding tert-OH is 1. The highest BCUT2D eigenvalue weighted by Crippen LogP contribution is 2.10. The third kappa shape index (κ3) is 4.54. The standard InChI is InChI=1S/C11H16N2O3S/c1-13(8-10(15)12-5-3-6-14)11(16)9-4-2-7-17-9/h2,4,7,14H,3,5-6,8H2,1H3,(H,12,15). The molecule has 0 unspecified atom stereocenters. The van der Waals surface area contributed by atoms with Gasteiger partial charge in [0.2, 0.25) is 5.91 Å². The number of carbonyl (C=O) groups excluding carboxylic acids is 2. The predicted octanol–water partition coefficient (Wildman–Crippen LogP) is 0.319. The first-order valence-corrected chi connectivity index (χ1v) is 6.19. The molecule has 1 rings (SSSR count). The number of rotatable bonds is 6. The smallest absolute Gasteiger partial charge is 0.264 e. The number of thiophene rings is 1. The van der Waals surface area contributed by atoms with Crippen molar-refractivity contribution in [1.29, 1.82) is 0 Å². The van der Waals surface area contributed by atoms with Crippen LogP contribution in [-0.2, 0) is 4.79 Å². The minimum Gasteiger partial charge on any atom is -0.396 e. The van der Waals surface area contributed by atoms with E-state index in [1.807, 2.05) is 5.38 Å². The van der Waals surface area contributed by atoms with E-state index in [1.54, 1.807) is 19.2 Å². The maximum atomic E-state index is 11.8. The molecular weight excluding hydrogens is 240 g/mol. The maximum Gasteiger partial charge on any atom is 0.264 e. The minimum absolute atomic E-state index is 0.0299. The SMILES string of the molecule is CN(CC(=O)NCCCO)C(=O)c1cccs1. The summed E-state index contributed by atoms with van der Waals surface area (Å²) in [4.78, 5) is 25.2. The van der Waals surface area contributed by atoms with Gasteiger partial charge in [-0.1, -0.05) is 6.07 Å². The summed E-state index contributed by atoms with van der Waals surface area (Å²) in [5.74, 6) is -0.372. The van der Waals surface area contributed by atoms with E-state index in [1.165, 1.54) is 16.2 Å². The first kappa shape index (κ1) is 13.7. The molecule has 0 bridgehead atoms. The van der Waals surface area contributed by atoms with E-state index in [9.17, 15) is 9.59 Å². The summed E-state index contributed by atoms with van der Waals surface area (Å²) in [6.45, 7) is 0.503. The van der Waals surface area contributed by atoms with Crippen LogP contribution in [0.2, 0.25) is 0 Å². The summed E-state index contributed by atoms with van der Waals surface area (Å²) in [5.41, 5.74) is 0. The molecule has 1 aromatic heterocycles. The largest absolute Gasteiger partial charge is 0.396 e. The van der Waals surface area contributed by atoms with Crippen LogP contribution in [0.3, 0.4) is 0 Å².